The third-order valence-corrected chi connectivity index (χ3v) is 3.75. The number of carbonyl (C=O) groups excluding carboxylic acids is 1. The molecule has 0 aliphatic heterocycles. The number of ether oxygens (including phenoxy) is 1. The molecule has 3 rings (SSSR count). The van der Waals surface area contributed by atoms with Crippen molar-refractivity contribution in [3.63, 3.8) is 0 Å². The lowest BCUT2D eigenvalue weighted by molar-refractivity contribution is -0.142. The summed E-state index contributed by atoms with van der Waals surface area (Å²) in [7, 11) is 0. The van der Waals surface area contributed by atoms with Crippen molar-refractivity contribution >= 4 is 16.7 Å². The van der Waals surface area contributed by atoms with Gasteiger partial charge in [0, 0.05) is 0 Å². The first-order chi connectivity index (χ1) is 10.8. The number of fused-ring (bicyclic) bond motifs is 1. The van der Waals surface area contributed by atoms with E-state index < -0.39 is 0 Å². The second kappa shape index (κ2) is 6.44. The van der Waals surface area contributed by atoms with Gasteiger partial charge in [0.05, 0.1) is 13.0 Å². The minimum atomic E-state index is -0.184. The summed E-state index contributed by atoms with van der Waals surface area (Å²) in [5.74, 6) is -0.184. The average molecular weight is 290 g/mol. The summed E-state index contributed by atoms with van der Waals surface area (Å²) >= 11 is 0. The molecule has 0 aromatic heterocycles. The third-order valence-electron chi connectivity index (χ3n) is 3.75. The minimum absolute atomic E-state index is 0.184. The van der Waals surface area contributed by atoms with Crippen LogP contribution in [-0.2, 0) is 16.0 Å². The van der Waals surface area contributed by atoms with E-state index in [9.17, 15) is 4.79 Å². The Kier molecular flexibility index (Phi) is 4.19. The first-order valence-corrected chi connectivity index (χ1v) is 7.51. The molecule has 0 spiro atoms. The van der Waals surface area contributed by atoms with E-state index in [4.69, 9.17) is 4.74 Å². The van der Waals surface area contributed by atoms with E-state index in [1.165, 1.54) is 0 Å². The van der Waals surface area contributed by atoms with Crippen molar-refractivity contribution in [3.8, 4) is 11.1 Å². The van der Waals surface area contributed by atoms with Crippen LogP contribution in [0.1, 0.15) is 12.5 Å². The van der Waals surface area contributed by atoms with Crippen LogP contribution in [0.4, 0.5) is 0 Å². The first-order valence-electron chi connectivity index (χ1n) is 7.51. The molecule has 22 heavy (non-hydrogen) atoms. The molecule has 0 aliphatic rings. The molecule has 0 radical (unpaired) electrons. The minimum Gasteiger partial charge on any atom is -0.466 e. The fourth-order valence-electron chi connectivity index (χ4n) is 2.77. The second-order valence-electron chi connectivity index (χ2n) is 5.16. The SMILES string of the molecule is CCOC(=O)Cc1c(-c2ccccc2)ccc2ccccc12. The number of esters is 1. The Morgan fingerprint density at radius 2 is 1.64 bits per heavy atom. The molecular formula is C20H18O2. The van der Waals surface area contributed by atoms with E-state index >= 15 is 0 Å². The predicted molar refractivity (Wildman–Crippen MR) is 89.7 cm³/mol. The Labute approximate surface area is 130 Å². The van der Waals surface area contributed by atoms with Crippen LogP contribution in [-0.4, -0.2) is 12.6 Å². The van der Waals surface area contributed by atoms with E-state index in [2.05, 4.69) is 36.4 Å². The smallest absolute Gasteiger partial charge is 0.310 e. The zero-order chi connectivity index (χ0) is 15.4. The van der Waals surface area contributed by atoms with E-state index in [0.717, 1.165) is 27.5 Å². The maximum absolute atomic E-state index is 12.0. The van der Waals surface area contributed by atoms with Gasteiger partial charge in [-0.3, -0.25) is 4.79 Å². The summed E-state index contributed by atoms with van der Waals surface area (Å²) in [6.45, 7) is 2.24. The van der Waals surface area contributed by atoms with E-state index in [1.54, 1.807) is 0 Å². The van der Waals surface area contributed by atoms with Crippen molar-refractivity contribution in [2.75, 3.05) is 6.61 Å². The van der Waals surface area contributed by atoms with Crippen LogP contribution in [0.2, 0.25) is 0 Å². The quantitative estimate of drug-likeness (QED) is 0.656. The maximum atomic E-state index is 12.0. The number of hydrogen-bond acceptors (Lipinski definition) is 2. The van der Waals surface area contributed by atoms with Crippen LogP contribution in [0.3, 0.4) is 0 Å². The number of carbonyl (C=O) groups is 1. The van der Waals surface area contributed by atoms with Crippen molar-refractivity contribution in [1.82, 2.24) is 0 Å². The van der Waals surface area contributed by atoms with Gasteiger partial charge in [-0.1, -0.05) is 66.7 Å². The van der Waals surface area contributed by atoms with Gasteiger partial charge < -0.3 is 4.74 Å². The van der Waals surface area contributed by atoms with E-state index in [-0.39, 0.29) is 5.97 Å². The number of rotatable bonds is 4. The average Bonchev–Trinajstić information content (AvgIpc) is 2.56. The van der Waals surface area contributed by atoms with Crippen molar-refractivity contribution < 1.29 is 9.53 Å². The number of hydrogen-bond donors (Lipinski definition) is 0. The van der Waals surface area contributed by atoms with Crippen molar-refractivity contribution in [2.24, 2.45) is 0 Å². The Bertz CT molecular complexity index is 791. The molecule has 0 N–H and O–H groups in total. The van der Waals surface area contributed by atoms with Gasteiger partial charge >= 0.3 is 5.97 Å². The van der Waals surface area contributed by atoms with Gasteiger partial charge in [0.2, 0.25) is 0 Å². The lowest BCUT2D eigenvalue weighted by atomic mass is 9.92. The standard InChI is InChI=1S/C20H18O2/c1-2-22-20(21)14-19-17-11-7-6-10-16(17)12-13-18(19)15-8-4-3-5-9-15/h3-13H,2,14H2,1H3. The van der Waals surface area contributed by atoms with Crippen molar-refractivity contribution in [3.05, 3.63) is 72.3 Å². The zero-order valence-corrected chi connectivity index (χ0v) is 12.6. The van der Waals surface area contributed by atoms with Gasteiger partial charge in [0.15, 0.2) is 0 Å². The van der Waals surface area contributed by atoms with E-state index in [1.807, 2.05) is 37.3 Å². The largest absolute Gasteiger partial charge is 0.466 e. The van der Waals surface area contributed by atoms with Gasteiger partial charge in [-0.25, -0.2) is 0 Å². The molecule has 0 saturated heterocycles. The summed E-state index contributed by atoms with van der Waals surface area (Å²) in [5, 5.41) is 2.25. The molecule has 3 aromatic carbocycles. The van der Waals surface area contributed by atoms with Crippen LogP contribution in [0.5, 0.6) is 0 Å². The van der Waals surface area contributed by atoms with Gasteiger partial charge in [-0.15, -0.1) is 0 Å². The highest BCUT2D eigenvalue weighted by atomic mass is 16.5. The van der Waals surface area contributed by atoms with Gasteiger partial charge in [0.1, 0.15) is 0 Å². The zero-order valence-electron chi connectivity index (χ0n) is 12.6. The molecular weight excluding hydrogens is 272 g/mol. The second-order valence-corrected chi connectivity index (χ2v) is 5.16. The van der Waals surface area contributed by atoms with Gasteiger partial charge in [-0.05, 0) is 34.4 Å². The monoisotopic (exact) mass is 290 g/mol. The topological polar surface area (TPSA) is 26.3 Å². The Hall–Kier alpha value is -2.61. The summed E-state index contributed by atoms with van der Waals surface area (Å²) in [5.41, 5.74) is 3.24. The molecule has 110 valence electrons. The molecule has 0 unspecified atom stereocenters. The Morgan fingerprint density at radius 3 is 2.41 bits per heavy atom. The molecule has 0 heterocycles. The summed E-state index contributed by atoms with van der Waals surface area (Å²) < 4.78 is 5.15. The normalized spacial score (nSPS) is 10.6. The lowest BCUT2D eigenvalue weighted by Gasteiger charge is -2.13. The van der Waals surface area contributed by atoms with Crippen LogP contribution >= 0.6 is 0 Å². The van der Waals surface area contributed by atoms with Crippen LogP contribution in [0.25, 0.3) is 21.9 Å². The van der Waals surface area contributed by atoms with Crippen LogP contribution in [0, 0.1) is 0 Å². The molecule has 0 bridgehead atoms. The Morgan fingerprint density at radius 1 is 0.909 bits per heavy atom. The predicted octanol–water partition coefficient (Wildman–Crippen LogP) is 4.61. The van der Waals surface area contributed by atoms with Crippen molar-refractivity contribution in [1.29, 1.82) is 0 Å². The Balaban J connectivity index is 2.17. The molecule has 2 nitrogen and oxygen atoms in total. The highest BCUT2D eigenvalue weighted by Gasteiger charge is 2.13. The van der Waals surface area contributed by atoms with Crippen molar-refractivity contribution in [2.45, 2.75) is 13.3 Å². The first kappa shape index (κ1) is 14.3. The van der Waals surface area contributed by atoms with Gasteiger partial charge in [-0.2, -0.15) is 0 Å². The molecule has 0 atom stereocenters. The molecule has 0 aliphatic carbocycles. The highest BCUT2D eigenvalue weighted by molar-refractivity contribution is 5.94. The number of benzene rings is 3. The fourth-order valence-corrected chi connectivity index (χ4v) is 2.77. The molecule has 0 amide bonds. The molecule has 3 aromatic rings. The van der Waals surface area contributed by atoms with Crippen LogP contribution < -0.4 is 0 Å². The molecule has 2 heteroatoms. The highest BCUT2D eigenvalue weighted by Crippen LogP contribution is 2.30. The summed E-state index contributed by atoms with van der Waals surface area (Å²) in [6.07, 6.45) is 0.291. The molecule has 0 saturated carbocycles. The van der Waals surface area contributed by atoms with Crippen LogP contribution in [0.15, 0.2) is 66.7 Å². The molecule has 0 fully saturated rings. The lowest BCUT2D eigenvalue weighted by Crippen LogP contribution is -2.09. The third kappa shape index (κ3) is 2.86. The summed E-state index contributed by atoms with van der Waals surface area (Å²) in [4.78, 5) is 12.0. The summed E-state index contributed by atoms with van der Waals surface area (Å²) in [6, 6.07) is 22.5. The maximum Gasteiger partial charge on any atom is 0.310 e. The van der Waals surface area contributed by atoms with E-state index in [0.29, 0.717) is 13.0 Å². The fraction of sp³-hybridized carbons (Fsp3) is 0.150. The van der Waals surface area contributed by atoms with Gasteiger partial charge in [0.25, 0.3) is 0 Å².